The first-order valence-electron chi connectivity index (χ1n) is 13.6. The lowest BCUT2D eigenvalue weighted by atomic mass is 9.96. The summed E-state index contributed by atoms with van der Waals surface area (Å²) in [6.07, 6.45) is 7.99. The molecule has 5 rings (SSSR count). The number of pyridine rings is 2. The van der Waals surface area contributed by atoms with Crippen LogP contribution in [-0.2, 0) is 17.1 Å². The van der Waals surface area contributed by atoms with Gasteiger partial charge in [0.15, 0.2) is 0 Å². The third-order valence-corrected chi connectivity index (χ3v) is 9.38. The molecule has 214 valence electrons. The Kier molecular flexibility index (Phi) is 8.82. The zero-order chi connectivity index (χ0) is 29.1. The number of amides is 1. The van der Waals surface area contributed by atoms with Crippen molar-refractivity contribution in [2.45, 2.75) is 57.4 Å². The highest BCUT2D eigenvalue weighted by molar-refractivity contribution is 7.98. The van der Waals surface area contributed by atoms with E-state index in [9.17, 15) is 14.4 Å². The van der Waals surface area contributed by atoms with E-state index in [0.717, 1.165) is 37.2 Å². The second kappa shape index (κ2) is 12.3. The van der Waals surface area contributed by atoms with E-state index in [1.165, 1.54) is 32.3 Å². The van der Waals surface area contributed by atoms with Crippen molar-refractivity contribution in [1.82, 2.24) is 24.2 Å². The molecule has 0 N–H and O–H groups in total. The van der Waals surface area contributed by atoms with Gasteiger partial charge in [0, 0.05) is 53.3 Å². The fourth-order valence-corrected chi connectivity index (χ4v) is 6.86. The maximum Gasteiger partial charge on any atom is 0.259 e. The van der Waals surface area contributed by atoms with Crippen molar-refractivity contribution in [2.75, 3.05) is 13.1 Å². The second-order valence-corrected chi connectivity index (χ2v) is 13.8. The summed E-state index contributed by atoms with van der Waals surface area (Å²) in [5.74, 6) is 0.409. The summed E-state index contributed by atoms with van der Waals surface area (Å²) in [7, 11) is 0. The lowest BCUT2D eigenvalue weighted by molar-refractivity contribution is -0.132. The molecule has 0 atom stereocenters. The molecular weight excluding hydrogens is 578 g/mol. The Morgan fingerprint density at radius 2 is 1.78 bits per heavy atom. The van der Waals surface area contributed by atoms with Crippen LogP contribution < -0.4 is 5.56 Å². The maximum atomic E-state index is 13.9. The van der Waals surface area contributed by atoms with Crippen LogP contribution in [0.4, 0.5) is 0 Å². The molecule has 41 heavy (non-hydrogen) atoms. The van der Waals surface area contributed by atoms with Gasteiger partial charge < -0.3 is 9.47 Å². The van der Waals surface area contributed by atoms with Gasteiger partial charge in [-0.15, -0.1) is 23.1 Å². The number of aromatic nitrogens is 4. The molecule has 0 aromatic carbocycles. The molecule has 4 aromatic heterocycles. The summed E-state index contributed by atoms with van der Waals surface area (Å²) in [5.41, 5.74) is 1.21. The van der Waals surface area contributed by atoms with Gasteiger partial charge in [0.1, 0.15) is 11.6 Å². The molecule has 0 spiro atoms. The van der Waals surface area contributed by atoms with Crippen LogP contribution in [0.3, 0.4) is 0 Å². The largest absolute Gasteiger partial charge is 0.341 e. The Bertz CT molecular complexity index is 1610. The number of hydrogen-bond acceptors (Lipinski definition) is 7. The quantitative estimate of drug-likeness (QED) is 0.223. The summed E-state index contributed by atoms with van der Waals surface area (Å²) in [5, 5.41) is 5.42. The number of hydrogen-bond donors (Lipinski definition) is 0. The van der Waals surface area contributed by atoms with E-state index in [0.29, 0.717) is 37.5 Å². The topological polar surface area (TPSA) is 90.1 Å². The van der Waals surface area contributed by atoms with Crippen molar-refractivity contribution in [3.05, 3.63) is 74.6 Å². The van der Waals surface area contributed by atoms with E-state index in [1.807, 2.05) is 49.9 Å². The minimum Gasteiger partial charge on any atom is -0.341 e. The van der Waals surface area contributed by atoms with Crippen molar-refractivity contribution in [1.29, 1.82) is 0 Å². The number of nitrogens with zero attached hydrogens (tertiary/aromatic N) is 5. The highest BCUT2D eigenvalue weighted by Crippen LogP contribution is 2.35. The fourth-order valence-electron chi connectivity index (χ4n) is 4.73. The van der Waals surface area contributed by atoms with Gasteiger partial charge in [-0.1, -0.05) is 32.4 Å². The molecule has 5 heterocycles. The standard InChI is InChI=1S/C30H32ClN5O3S2/c1-30(2,3)29(39)36-26(40-19-21-7-8-24(31)41-21)17-23(33-36)22-11-16-35(18-25(37)34-14-5-4-6-15-34)28(38)27(22)20-9-12-32-13-10-20/h7-13,16-17H,4-6,14-15,18-19H2,1-3H3. The first-order chi connectivity index (χ1) is 19.6. The van der Waals surface area contributed by atoms with Gasteiger partial charge in [0.2, 0.25) is 5.91 Å². The third-order valence-electron chi connectivity index (χ3n) is 6.93. The van der Waals surface area contributed by atoms with Crippen LogP contribution in [0.5, 0.6) is 0 Å². The molecule has 0 aliphatic carbocycles. The van der Waals surface area contributed by atoms with E-state index < -0.39 is 5.41 Å². The van der Waals surface area contributed by atoms with Gasteiger partial charge in [-0.2, -0.15) is 9.78 Å². The summed E-state index contributed by atoms with van der Waals surface area (Å²) in [6, 6.07) is 11.0. The fraction of sp³-hybridized carbons (Fsp3) is 0.367. The Morgan fingerprint density at radius 1 is 1.05 bits per heavy atom. The average Bonchev–Trinajstić information content (AvgIpc) is 3.58. The van der Waals surface area contributed by atoms with Crippen molar-refractivity contribution >= 4 is 46.5 Å². The predicted molar refractivity (Wildman–Crippen MR) is 165 cm³/mol. The zero-order valence-corrected chi connectivity index (χ0v) is 25.7. The average molecular weight is 610 g/mol. The summed E-state index contributed by atoms with van der Waals surface area (Å²) < 4.78 is 3.61. The molecule has 0 bridgehead atoms. The van der Waals surface area contributed by atoms with Crippen LogP contribution >= 0.6 is 34.7 Å². The molecule has 0 saturated carbocycles. The normalized spacial score (nSPS) is 13.9. The van der Waals surface area contributed by atoms with E-state index >= 15 is 0 Å². The van der Waals surface area contributed by atoms with Gasteiger partial charge in [0.05, 0.1) is 15.6 Å². The SMILES string of the molecule is CC(C)(C)C(=O)n1nc(-c2ccn(CC(=O)N3CCCCC3)c(=O)c2-c2ccncc2)cc1SCc1ccc(Cl)s1. The van der Waals surface area contributed by atoms with Gasteiger partial charge in [-0.3, -0.25) is 19.4 Å². The predicted octanol–water partition coefficient (Wildman–Crippen LogP) is 6.48. The number of thiophene rings is 1. The number of carbonyl (C=O) groups is 2. The van der Waals surface area contributed by atoms with Crippen LogP contribution in [-0.4, -0.2) is 49.1 Å². The van der Waals surface area contributed by atoms with E-state index in [4.69, 9.17) is 16.7 Å². The van der Waals surface area contributed by atoms with Gasteiger partial charge in [-0.25, -0.2) is 0 Å². The summed E-state index contributed by atoms with van der Waals surface area (Å²) in [4.78, 5) is 47.4. The number of rotatable bonds is 7. The molecular formula is C30H32ClN5O3S2. The lowest BCUT2D eigenvalue weighted by Crippen LogP contribution is -2.39. The van der Waals surface area contributed by atoms with Crippen LogP contribution in [0, 0.1) is 5.41 Å². The first-order valence-corrected chi connectivity index (χ1v) is 15.7. The minimum atomic E-state index is -0.670. The van der Waals surface area contributed by atoms with Crippen LogP contribution in [0.1, 0.15) is 49.7 Å². The highest BCUT2D eigenvalue weighted by atomic mass is 35.5. The van der Waals surface area contributed by atoms with Crippen LogP contribution in [0.25, 0.3) is 22.4 Å². The number of carbonyl (C=O) groups excluding carboxylic acids is 2. The van der Waals surface area contributed by atoms with Crippen LogP contribution in [0.15, 0.2) is 64.8 Å². The van der Waals surface area contributed by atoms with Crippen molar-refractivity contribution in [3.63, 3.8) is 0 Å². The summed E-state index contributed by atoms with van der Waals surface area (Å²) >= 11 is 9.12. The zero-order valence-electron chi connectivity index (χ0n) is 23.3. The third kappa shape index (κ3) is 6.66. The molecule has 4 aromatic rings. The first kappa shape index (κ1) is 29.3. The molecule has 0 radical (unpaired) electrons. The highest BCUT2D eigenvalue weighted by Gasteiger charge is 2.28. The van der Waals surface area contributed by atoms with E-state index in [2.05, 4.69) is 4.98 Å². The number of halogens is 1. The molecule has 1 fully saturated rings. The van der Waals surface area contributed by atoms with E-state index in [1.54, 1.807) is 30.7 Å². The molecule has 1 saturated heterocycles. The lowest BCUT2D eigenvalue weighted by Gasteiger charge is -2.27. The second-order valence-electron chi connectivity index (χ2n) is 11.0. The van der Waals surface area contributed by atoms with Crippen molar-refractivity contribution < 1.29 is 9.59 Å². The molecule has 1 aliphatic rings. The molecule has 1 amide bonds. The smallest absolute Gasteiger partial charge is 0.259 e. The minimum absolute atomic E-state index is 0.0291. The van der Waals surface area contributed by atoms with Gasteiger partial charge >= 0.3 is 0 Å². The van der Waals surface area contributed by atoms with Crippen molar-refractivity contribution in [3.8, 4) is 22.4 Å². The van der Waals surface area contributed by atoms with Gasteiger partial charge in [0.25, 0.3) is 11.5 Å². The Hall–Kier alpha value is -3.21. The number of piperidine rings is 1. The molecule has 0 unspecified atom stereocenters. The van der Waals surface area contributed by atoms with Gasteiger partial charge in [-0.05, 0) is 61.2 Å². The molecule has 8 nitrogen and oxygen atoms in total. The Balaban J connectivity index is 1.57. The Morgan fingerprint density at radius 3 is 2.44 bits per heavy atom. The Labute approximate surface area is 252 Å². The van der Waals surface area contributed by atoms with E-state index in [-0.39, 0.29) is 23.9 Å². The number of likely N-dealkylation sites (tertiary alicyclic amines) is 1. The van der Waals surface area contributed by atoms with Crippen LogP contribution in [0.2, 0.25) is 4.34 Å². The number of thioether (sulfide) groups is 1. The maximum absolute atomic E-state index is 13.9. The molecule has 1 aliphatic heterocycles. The van der Waals surface area contributed by atoms with Crippen molar-refractivity contribution in [2.24, 2.45) is 5.41 Å². The monoisotopic (exact) mass is 609 g/mol. The molecule has 11 heteroatoms. The summed E-state index contributed by atoms with van der Waals surface area (Å²) in [6.45, 7) is 6.98.